The molecule has 2 atom stereocenters. The van der Waals surface area contributed by atoms with Crippen LogP contribution < -0.4 is 21.1 Å². The van der Waals surface area contributed by atoms with Crippen LogP contribution in [0.25, 0.3) is 0 Å². The first kappa shape index (κ1) is 12.4. The van der Waals surface area contributed by atoms with Crippen LogP contribution in [0.5, 0.6) is 5.75 Å². The van der Waals surface area contributed by atoms with E-state index in [0.29, 0.717) is 12.3 Å². The van der Waals surface area contributed by atoms with Crippen LogP contribution in [0.2, 0.25) is 0 Å². The molecule has 0 spiro atoms. The average Bonchev–Trinajstić information content (AvgIpc) is 2.41. The molecule has 1 aliphatic heterocycles. The molecule has 1 aromatic carbocycles. The van der Waals surface area contributed by atoms with Gasteiger partial charge in [0.05, 0.1) is 6.04 Å². The van der Waals surface area contributed by atoms with E-state index in [1.807, 2.05) is 18.2 Å². The highest BCUT2D eigenvalue weighted by Crippen LogP contribution is 2.08. The molecule has 6 nitrogen and oxygen atoms in total. The van der Waals surface area contributed by atoms with E-state index in [1.54, 1.807) is 12.1 Å². The Hall–Kier alpha value is -2.08. The minimum atomic E-state index is -0.540. The largest absolute Gasteiger partial charge is 0.484 e. The summed E-state index contributed by atoms with van der Waals surface area (Å²) in [6, 6.07) is 8.28. The molecule has 1 heterocycles. The summed E-state index contributed by atoms with van der Waals surface area (Å²) in [7, 11) is 0. The molecule has 18 heavy (non-hydrogen) atoms. The molecule has 1 aliphatic rings. The summed E-state index contributed by atoms with van der Waals surface area (Å²) in [6.45, 7) is 0.182. The van der Waals surface area contributed by atoms with E-state index in [4.69, 9.17) is 10.5 Å². The molecular formula is C12H15N3O3. The van der Waals surface area contributed by atoms with Crippen LogP contribution in [0.1, 0.15) is 0 Å². The Kier molecular flexibility index (Phi) is 3.78. The van der Waals surface area contributed by atoms with E-state index in [-0.39, 0.29) is 24.5 Å². The molecule has 1 saturated heterocycles. The normalized spacial score (nSPS) is 21.7. The Bertz CT molecular complexity index is 435. The molecule has 2 rings (SSSR count). The third-order valence-electron chi connectivity index (χ3n) is 2.70. The lowest BCUT2D eigenvalue weighted by Crippen LogP contribution is -2.71. The Morgan fingerprint density at radius 1 is 1.39 bits per heavy atom. The first-order valence-electron chi connectivity index (χ1n) is 5.68. The zero-order valence-corrected chi connectivity index (χ0v) is 9.76. The minimum Gasteiger partial charge on any atom is -0.484 e. The lowest BCUT2D eigenvalue weighted by atomic mass is 9.99. The fourth-order valence-corrected chi connectivity index (χ4v) is 1.68. The highest BCUT2D eigenvalue weighted by Gasteiger charge is 2.39. The zero-order valence-electron chi connectivity index (χ0n) is 9.76. The lowest BCUT2D eigenvalue weighted by Gasteiger charge is -2.36. The fourth-order valence-electron chi connectivity index (χ4n) is 1.68. The predicted molar refractivity (Wildman–Crippen MR) is 64.9 cm³/mol. The van der Waals surface area contributed by atoms with E-state index < -0.39 is 6.04 Å². The molecule has 1 aromatic rings. The van der Waals surface area contributed by atoms with E-state index in [9.17, 15) is 9.59 Å². The second-order valence-electron chi connectivity index (χ2n) is 4.00. The van der Waals surface area contributed by atoms with Gasteiger partial charge in [0.1, 0.15) is 11.8 Å². The van der Waals surface area contributed by atoms with Gasteiger partial charge in [-0.05, 0) is 12.1 Å². The minimum absolute atomic E-state index is 0.120. The van der Waals surface area contributed by atoms with Crippen LogP contribution in [0.15, 0.2) is 30.3 Å². The number of hydrogen-bond acceptors (Lipinski definition) is 4. The second kappa shape index (κ2) is 5.50. The number of benzene rings is 1. The van der Waals surface area contributed by atoms with Crippen LogP contribution in [0, 0.1) is 0 Å². The Morgan fingerprint density at radius 2 is 2.11 bits per heavy atom. The van der Waals surface area contributed by atoms with Crippen LogP contribution >= 0.6 is 0 Å². The molecule has 96 valence electrons. The van der Waals surface area contributed by atoms with E-state index in [0.717, 1.165) is 0 Å². The van der Waals surface area contributed by atoms with Gasteiger partial charge in [-0.2, -0.15) is 0 Å². The summed E-state index contributed by atoms with van der Waals surface area (Å²) in [5, 5.41) is 5.18. The van der Waals surface area contributed by atoms with Gasteiger partial charge in [-0.15, -0.1) is 0 Å². The highest BCUT2D eigenvalue weighted by molar-refractivity contribution is 5.93. The number of ether oxygens (including phenoxy) is 1. The van der Waals surface area contributed by atoms with Gasteiger partial charge >= 0.3 is 0 Å². The number of amides is 2. The third-order valence-corrected chi connectivity index (χ3v) is 2.70. The van der Waals surface area contributed by atoms with Gasteiger partial charge in [-0.1, -0.05) is 18.2 Å². The van der Waals surface area contributed by atoms with Crippen molar-refractivity contribution in [3.63, 3.8) is 0 Å². The van der Waals surface area contributed by atoms with Gasteiger partial charge in [0.15, 0.2) is 6.61 Å². The number of carbonyl (C=O) groups excluding carboxylic acids is 2. The zero-order chi connectivity index (χ0) is 13.0. The summed E-state index contributed by atoms with van der Waals surface area (Å²) in [5.74, 6) is 0.0664. The topological polar surface area (TPSA) is 93.5 Å². The Labute approximate surface area is 104 Å². The molecule has 6 heteroatoms. The van der Waals surface area contributed by atoms with Gasteiger partial charge in [0.2, 0.25) is 5.91 Å². The average molecular weight is 249 g/mol. The first-order valence-corrected chi connectivity index (χ1v) is 5.68. The van der Waals surface area contributed by atoms with Crippen molar-refractivity contribution < 1.29 is 14.3 Å². The van der Waals surface area contributed by atoms with Crippen molar-refractivity contribution in [1.29, 1.82) is 0 Å². The number of β-lactam (4-membered cyclic amide) rings is 1. The van der Waals surface area contributed by atoms with Crippen molar-refractivity contribution in [3.05, 3.63) is 30.3 Å². The molecule has 0 aromatic heterocycles. The van der Waals surface area contributed by atoms with Crippen molar-refractivity contribution in [1.82, 2.24) is 10.6 Å². The first-order chi connectivity index (χ1) is 8.70. The van der Waals surface area contributed by atoms with Crippen molar-refractivity contribution in [2.75, 3.05) is 13.2 Å². The van der Waals surface area contributed by atoms with E-state index in [2.05, 4.69) is 10.6 Å². The molecule has 4 N–H and O–H groups in total. The lowest BCUT2D eigenvalue weighted by molar-refractivity contribution is -0.136. The summed E-state index contributed by atoms with van der Waals surface area (Å²) in [5.41, 5.74) is 5.43. The molecule has 0 unspecified atom stereocenters. The van der Waals surface area contributed by atoms with Crippen LogP contribution in [0.4, 0.5) is 0 Å². The number of hydrogen-bond donors (Lipinski definition) is 3. The molecule has 2 amide bonds. The fraction of sp³-hybridized carbons (Fsp3) is 0.333. The molecular weight excluding hydrogens is 234 g/mol. The second-order valence-corrected chi connectivity index (χ2v) is 4.00. The van der Waals surface area contributed by atoms with Crippen LogP contribution in [-0.2, 0) is 9.59 Å². The summed E-state index contributed by atoms with van der Waals surface area (Å²) < 4.78 is 5.27. The molecule has 0 bridgehead atoms. The predicted octanol–water partition coefficient (Wildman–Crippen LogP) is -0.993. The maximum absolute atomic E-state index is 11.6. The van der Waals surface area contributed by atoms with Gasteiger partial charge in [0.25, 0.3) is 5.91 Å². The molecule has 0 radical (unpaired) electrons. The van der Waals surface area contributed by atoms with Crippen molar-refractivity contribution in [2.24, 2.45) is 5.73 Å². The smallest absolute Gasteiger partial charge is 0.258 e. The summed E-state index contributed by atoms with van der Waals surface area (Å²) in [6.07, 6.45) is 0. The number of nitrogens with one attached hydrogen (secondary N) is 2. The maximum Gasteiger partial charge on any atom is 0.258 e. The Balaban J connectivity index is 1.77. The molecule has 0 aliphatic carbocycles. The molecule has 1 fully saturated rings. The standard InChI is InChI=1S/C12H15N3O3/c13-6-9-11(12(17)14-9)15-10(16)7-18-8-4-2-1-3-5-8/h1-5,9,11H,6-7,13H2,(H,14,17)(H,15,16)/t9-,11+/m1/s1. The van der Waals surface area contributed by atoms with E-state index >= 15 is 0 Å². The SMILES string of the molecule is NC[C@H]1NC(=O)[C@H]1NC(=O)COc1ccccc1. The maximum atomic E-state index is 11.6. The summed E-state index contributed by atoms with van der Waals surface area (Å²) >= 11 is 0. The number of rotatable bonds is 5. The molecule has 0 saturated carbocycles. The number of para-hydroxylation sites is 1. The van der Waals surface area contributed by atoms with Gasteiger partial charge < -0.3 is 21.1 Å². The summed E-state index contributed by atoms with van der Waals surface area (Å²) in [4.78, 5) is 22.8. The highest BCUT2D eigenvalue weighted by atomic mass is 16.5. The third kappa shape index (κ3) is 2.78. The van der Waals surface area contributed by atoms with Gasteiger partial charge in [-0.3, -0.25) is 9.59 Å². The number of nitrogens with two attached hydrogens (primary N) is 1. The monoisotopic (exact) mass is 249 g/mol. The van der Waals surface area contributed by atoms with E-state index in [1.165, 1.54) is 0 Å². The Morgan fingerprint density at radius 3 is 2.72 bits per heavy atom. The van der Waals surface area contributed by atoms with Crippen LogP contribution in [-0.4, -0.2) is 37.0 Å². The van der Waals surface area contributed by atoms with Gasteiger partial charge in [-0.25, -0.2) is 0 Å². The van der Waals surface area contributed by atoms with Crippen molar-refractivity contribution in [2.45, 2.75) is 12.1 Å². The van der Waals surface area contributed by atoms with Crippen molar-refractivity contribution >= 4 is 11.8 Å². The number of carbonyl (C=O) groups is 2. The van der Waals surface area contributed by atoms with Crippen LogP contribution in [0.3, 0.4) is 0 Å². The van der Waals surface area contributed by atoms with Crippen molar-refractivity contribution in [3.8, 4) is 5.75 Å². The quantitative estimate of drug-likeness (QED) is 0.584. The van der Waals surface area contributed by atoms with Gasteiger partial charge in [0, 0.05) is 6.54 Å².